The van der Waals surface area contributed by atoms with Crippen LogP contribution in [0.3, 0.4) is 0 Å². The molecule has 1 saturated heterocycles. The number of hydrogen-bond donors (Lipinski definition) is 1. The number of fused-ring (bicyclic) bond motifs is 1. The predicted molar refractivity (Wildman–Crippen MR) is 145 cm³/mol. The van der Waals surface area contributed by atoms with Gasteiger partial charge in [-0.15, -0.1) is 4.79 Å². The second-order valence-corrected chi connectivity index (χ2v) is 10.5. The Hall–Kier alpha value is -4.70. The average molecular weight is 557 g/mol. The van der Waals surface area contributed by atoms with Crippen LogP contribution in [0.15, 0.2) is 102 Å². The van der Waals surface area contributed by atoms with Gasteiger partial charge in [-0.1, -0.05) is 78.9 Å². The molecule has 1 unspecified atom stereocenters. The van der Waals surface area contributed by atoms with Gasteiger partial charge in [0.15, 0.2) is 18.8 Å². The van der Waals surface area contributed by atoms with Crippen LogP contribution in [-0.4, -0.2) is 55.1 Å². The summed E-state index contributed by atoms with van der Waals surface area (Å²) in [6.07, 6.45) is -0.808. The number of hydrogen-bond acceptors (Lipinski definition) is 6. The molecule has 10 nitrogen and oxygen atoms in total. The molecule has 2 amide bonds. The molecule has 0 saturated carbocycles. The summed E-state index contributed by atoms with van der Waals surface area (Å²) in [7, 11) is 0. The van der Waals surface area contributed by atoms with E-state index < -0.39 is 46.5 Å². The van der Waals surface area contributed by atoms with Crippen molar-refractivity contribution in [2.45, 2.75) is 24.4 Å². The number of nitrogens with zero attached hydrogens (tertiary/aromatic N) is 3. The van der Waals surface area contributed by atoms with Gasteiger partial charge in [0.05, 0.1) is 11.2 Å². The summed E-state index contributed by atoms with van der Waals surface area (Å²) >= 11 is -2.04. The van der Waals surface area contributed by atoms with Gasteiger partial charge >= 0.3 is 11.0 Å². The van der Waals surface area contributed by atoms with Gasteiger partial charge in [0.1, 0.15) is 17.0 Å². The first-order valence-electron chi connectivity index (χ1n) is 12.4. The van der Waals surface area contributed by atoms with Crippen LogP contribution in [0.25, 0.3) is 5.53 Å². The maximum atomic E-state index is 13.6. The molecule has 1 N–H and O–H groups in total. The summed E-state index contributed by atoms with van der Waals surface area (Å²) in [5.41, 5.74) is 10.9. The Balaban J connectivity index is 1.38. The number of esters is 1. The monoisotopic (exact) mass is 556 g/mol. The van der Waals surface area contributed by atoms with Crippen LogP contribution in [0, 0.1) is 0 Å². The first-order chi connectivity index (χ1) is 19.4. The topological polar surface area (TPSA) is 144 Å². The lowest BCUT2D eigenvalue weighted by Gasteiger charge is -2.46. The average Bonchev–Trinajstić information content (AvgIpc) is 2.99. The number of β-lactam (4-membered cyclic amide) rings is 1. The van der Waals surface area contributed by atoms with Crippen molar-refractivity contribution in [2.24, 2.45) is 0 Å². The van der Waals surface area contributed by atoms with Gasteiger partial charge in [0.2, 0.25) is 5.37 Å². The second-order valence-electron chi connectivity index (χ2n) is 9.03. The minimum Gasteiger partial charge on any atom is -0.604 e. The van der Waals surface area contributed by atoms with E-state index in [1.54, 1.807) is 30.3 Å². The van der Waals surface area contributed by atoms with Crippen LogP contribution in [0.1, 0.15) is 24.2 Å². The number of benzene rings is 3. The van der Waals surface area contributed by atoms with Crippen LogP contribution >= 0.6 is 0 Å². The zero-order valence-electron chi connectivity index (χ0n) is 21.3. The van der Waals surface area contributed by atoms with Crippen LogP contribution in [0.2, 0.25) is 0 Å². The molecular formula is C29H24N4O6S. The van der Waals surface area contributed by atoms with Gasteiger partial charge in [0.25, 0.3) is 11.8 Å². The van der Waals surface area contributed by atoms with Crippen LogP contribution in [0.5, 0.6) is 5.75 Å². The Kier molecular flexibility index (Phi) is 7.79. The van der Waals surface area contributed by atoms with Crippen LogP contribution < -0.4 is 10.1 Å². The molecule has 202 valence electrons. The number of rotatable bonds is 8. The molecule has 2 aliphatic heterocycles. The highest BCUT2D eigenvalue weighted by Crippen LogP contribution is 2.39. The van der Waals surface area contributed by atoms with Crippen molar-refractivity contribution in [1.82, 2.24) is 10.2 Å². The molecule has 3 aromatic carbocycles. The van der Waals surface area contributed by atoms with E-state index in [1.807, 2.05) is 60.7 Å². The third kappa shape index (κ3) is 5.13. The minimum absolute atomic E-state index is 0.0347. The Labute approximate surface area is 233 Å². The highest BCUT2D eigenvalue weighted by Gasteiger charge is 2.65. The van der Waals surface area contributed by atoms with E-state index in [1.165, 1.54) is 6.92 Å². The van der Waals surface area contributed by atoms with E-state index in [0.717, 1.165) is 4.90 Å². The number of carbonyl (C=O) groups is 3. The summed E-state index contributed by atoms with van der Waals surface area (Å²) in [5, 5.41) is 1.07. The van der Waals surface area contributed by atoms with E-state index in [2.05, 4.69) is 10.1 Å². The van der Waals surface area contributed by atoms with Crippen molar-refractivity contribution in [3.63, 3.8) is 0 Å². The first kappa shape index (κ1) is 26.9. The van der Waals surface area contributed by atoms with Crippen molar-refractivity contribution < 1.29 is 33.2 Å². The summed E-state index contributed by atoms with van der Waals surface area (Å²) in [4.78, 5) is 43.6. The highest BCUT2D eigenvalue weighted by molar-refractivity contribution is 8.07. The Morgan fingerprint density at radius 2 is 1.55 bits per heavy atom. The summed E-state index contributed by atoms with van der Waals surface area (Å²) < 4.78 is 24.6. The molecule has 0 aromatic heterocycles. The van der Waals surface area contributed by atoms with Gasteiger partial charge in [-0.25, -0.2) is 4.79 Å². The van der Waals surface area contributed by atoms with E-state index in [-0.39, 0.29) is 22.9 Å². The van der Waals surface area contributed by atoms with E-state index in [9.17, 15) is 24.5 Å². The zero-order valence-corrected chi connectivity index (χ0v) is 22.1. The Morgan fingerprint density at radius 3 is 2.10 bits per heavy atom. The lowest BCUT2D eigenvalue weighted by Crippen LogP contribution is -2.75. The fourth-order valence-corrected chi connectivity index (χ4v) is 6.14. The van der Waals surface area contributed by atoms with Crippen molar-refractivity contribution in [3.8, 4) is 5.75 Å². The molecule has 5 rings (SSSR count). The molecule has 3 aromatic rings. The quantitative estimate of drug-likeness (QED) is 0.149. The molecule has 2 heterocycles. The molecule has 2 aliphatic rings. The summed E-state index contributed by atoms with van der Waals surface area (Å²) in [6.45, 7) is 1.04. The van der Waals surface area contributed by atoms with E-state index >= 15 is 0 Å². The fraction of sp³-hybridized carbons (Fsp3) is 0.172. The van der Waals surface area contributed by atoms with E-state index in [0.29, 0.717) is 16.9 Å². The molecule has 40 heavy (non-hydrogen) atoms. The molecule has 0 spiro atoms. The standard InChI is InChI=1S/C29H24N4O6S/c1-18-24(29(36)39-25(19-11-5-2-6-12-19)20-13-7-3-8-14-20)33-27(35)23(28(33)40(37)26(18)32-30)31-22(34)17-38-21-15-9-4-10-16-21/h2-16,23,25,28H,17H2,1H3,(H,31,34)/t23?,28-,40-/m0/s1. The second kappa shape index (κ2) is 11.6. The highest BCUT2D eigenvalue weighted by atomic mass is 32.2. The van der Waals surface area contributed by atoms with Crippen LogP contribution in [0.4, 0.5) is 0 Å². The molecule has 1 fully saturated rings. The largest absolute Gasteiger partial charge is 0.604 e. The lowest BCUT2D eigenvalue weighted by atomic mass is 10.0. The maximum Gasteiger partial charge on any atom is 0.490 e. The lowest BCUT2D eigenvalue weighted by molar-refractivity contribution is -0.155. The van der Waals surface area contributed by atoms with Gasteiger partial charge in [0, 0.05) is 0 Å². The van der Waals surface area contributed by atoms with Crippen molar-refractivity contribution >= 4 is 34.0 Å². The predicted octanol–water partition coefficient (Wildman–Crippen LogP) is 2.72. The number of para-hydroxylation sites is 1. The normalized spacial score (nSPS) is 19.9. The minimum atomic E-state index is -2.04. The number of ether oxygens (including phenoxy) is 2. The van der Waals surface area contributed by atoms with Gasteiger partial charge in [-0.05, 0) is 30.2 Å². The van der Waals surface area contributed by atoms with Crippen molar-refractivity contribution in [3.05, 3.63) is 119 Å². The van der Waals surface area contributed by atoms with Gasteiger partial charge in [-0.2, -0.15) is 0 Å². The number of carbonyl (C=O) groups excluding carboxylic acids is 3. The molecule has 3 atom stereocenters. The molecule has 11 heteroatoms. The molecule has 0 aliphatic carbocycles. The van der Waals surface area contributed by atoms with E-state index in [4.69, 9.17) is 9.47 Å². The smallest absolute Gasteiger partial charge is 0.490 e. The third-order valence-electron chi connectivity index (χ3n) is 6.51. The number of nitrogens with one attached hydrogen (secondary N) is 1. The van der Waals surface area contributed by atoms with Gasteiger partial charge < -0.3 is 24.9 Å². The SMILES string of the molecule is CC1=C(C(=O)OC(c2ccccc2)c2ccccc2)N2C(=O)C(NC(=O)COc3ccccc3)[C@@H]2[S@@+]([O-])C1=[N+]=[N-]. The molecule has 0 bridgehead atoms. The van der Waals surface area contributed by atoms with Crippen molar-refractivity contribution in [2.75, 3.05) is 6.61 Å². The third-order valence-corrected chi connectivity index (χ3v) is 8.20. The summed E-state index contributed by atoms with van der Waals surface area (Å²) in [6, 6.07) is 25.6. The Morgan fingerprint density at radius 1 is 1.00 bits per heavy atom. The maximum absolute atomic E-state index is 13.6. The van der Waals surface area contributed by atoms with Crippen molar-refractivity contribution in [1.29, 1.82) is 0 Å². The zero-order chi connectivity index (χ0) is 28.2. The number of amides is 2. The fourth-order valence-electron chi connectivity index (χ4n) is 4.60. The first-order valence-corrected chi connectivity index (χ1v) is 13.6. The van der Waals surface area contributed by atoms with Crippen LogP contribution in [-0.2, 0) is 30.3 Å². The summed E-state index contributed by atoms with van der Waals surface area (Å²) in [5.74, 6) is -1.68. The molecular weight excluding hydrogens is 532 g/mol. The molecule has 0 radical (unpaired) electrons. The van der Waals surface area contributed by atoms with Gasteiger partial charge in [-0.3, -0.25) is 14.5 Å². The Bertz CT molecular complexity index is 1470.